The highest BCUT2D eigenvalue weighted by Gasteiger charge is 2.33. The molecule has 0 radical (unpaired) electrons. The fourth-order valence-electron chi connectivity index (χ4n) is 4.45. The first-order valence-electron chi connectivity index (χ1n) is 12.6. The third-order valence-electron chi connectivity index (χ3n) is 6.41. The maximum atomic E-state index is 13.3. The lowest BCUT2D eigenvalue weighted by Crippen LogP contribution is -2.54. The second-order valence-electron chi connectivity index (χ2n) is 9.20. The van der Waals surface area contributed by atoms with Crippen LogP contribution in [0.4, 0.5) is 5.69 Å². The van der Waals surface area contributed by atoms with E-state index in [4.69, 9.17) is 21.7 Å². The van der Waals surface area contributed by atoms with Crippen molar-refractivity contribution >= 4 is 46.8 Å². The Balaban J connectivity index is 1.48. The van der Waals surface area contributed by atoms with E-state index < -0.39 is 11.8 Å². The van der Waals surface area contributed by atoms with Gasteiger partial charge in [-0.05, 0) is 92.4 Å². The van der Waals surface area contributed by atoms with Crippen molar-refractivity contribution in [2.45, 2.75) is 45.6 Å². The monoisotopic (exact) mass is 533 g/mol. The van der Waals surface area contributed by atoms with E-state index in [0.717, 1.165) is 31.2 Å². The van der Waals surface area contributed by atoms with E-state index in [1.165, 1.54) is 23.8 Å². The highest BCUT2D eigenvalue weighted by atomic mass is 32.1. The normalized spacial score (nSPS) is 16.7. The summed E-state index contributed by atoms with van der Waals surface area (Å²) in [6.45, 7) is 2.08. The van der Waals surface area contributed by atoms with E-state index in [1.54, 1.807) is 49.6 Å². The van der Waals surface area contributed by atoms with Crippen LogP contribution in [-0.2, 0) is 21.0 Å². The second kappa shape index (κ2) is 12.5. The van der Waals surface area contributed by atoms with E-state index in [9.17, 15) is 14.4 Å². The molecule has 0 atom stereocenters. The topological polar surface area (TPSA) is 97.0 Å². The molecule has 2 aromatic rings. The van der Waals surface area contributed by atoms with Gasteiger partial charge in [-0.3, -0.25) is 24.6 Å². The van der Waals surface area contributed by atoms with Gasteiger partial charge in [0.2, 0.25) is 5.91 Å². The Morgan fingerprint density at radius 1 is 1.16 bits per heavy atom. The quantitative estimate of drug-likeness (QED) is 0.209. The molecule has 9 heteroatoms. The van der Waals surface area contributed by atoms with Gasteiger partial charge in [-0.15, -0.1) is 0 Å². The number of hydrogen-bond donors (Lipinski definition) is 2. The molecule has 8 nitrogen and oxygen atoms in total. The fraction of sp³-hybridized carbons (Fsp3) is 0.310. The Bertz CT molecular complexity index is 1300. The van der Waals surface area contributed by atoms with Crippen LogP contribution in [0.2, 0.25) is 0 Å². The van der Waals surface area contributed by atoms with Crippen molar-refractivity contribution in [3.8, 4) is 11.5 Å². The molecule has 0 unspecified atom stereocenters. The highest BCUT2D eigenvalue weighted by Crippen LogP contribution is 2.26. The average Bonchev–Trinajstić information content (AvgIpc) is 2.91. The van der Waals surface area contributed by atoms with Crippen molar-refractivity contribution in [3.05, 3.63) is 70.8 Å². The van der Waals surface area contributed by atoms with Crippen molar-refractivity contribution in [2.24, 2.45) is 0 Å². The summed E-state index contributed by atoms with van der Waals surface area (Å²) in [4.78, 5) is 38.6. The highest BCUT2D eigenvalue weighted by molar-refractivity contribution is 7.80. The van der Waals surface area contributed by atoms with Gasteiger partial charge in [-0.2, -0.15) is 0 Å². The number of carbonyl (C=O) groups excluding carboxylic acids is 3. The first kappa shape index (κ1) is 27.1. The molecule has 1 heterocycles. The minimum absolute atomic E-state index is 0.0295. The zero-order valence-electron chi connectivity index (χ0n) is 21.5. The van der Waals surface area contributed by atoms with Gasteiger partial charge < -0.3 is 14.8 Å². The molecular formula is C29H31N3O5S. The van der Waals surface area contributed by atoms with Crippen molar-refractivity contribution in [3.63, 3.8) is 0 Å². The first-order valence-corrected chi connectivity index (χ1v) is 13.0. The zero-order chi connectivity index (χ0) is 27.1. The molecule has 38 heavy (non-hydrogen) atoms. The van der Waals surface area contributed by atoms with Crippen LogP contribution in [0.15, 0.2) is 59.7 Å². The summed E-state index contributed by atoms with van der Waals surface area (Å²) >= 11 is 5.30. The lowest BCUT2D eigenvalue weighted by molar-refractivity contribution is -0.128. The number of nitrogens with zero attached hydrogens (tertiary/aromatic N) is 1. The van der Waals surface area contributed by atoms with Gasteiger partial charge in [0.25, 0.3) is 11.8 Å². The van der Waals surface area contributed by atoms with Gasteiger partial charge >= 0.3 is 0 Å². The fourth-order valence-corrected chi connectivity index (χ4v) is 4.72. The molecule has 3 amide bonds. The van der Waals surface area contributed by atoms with Gasteiger partial charge in [0.05, 0.1) is 7.11 Å². The Kier molecular flexibility index (Phi) is 8.91. The molecule has 1 aliphatic carbocycles. The summed E-state index contributed by atoms with van der Waals surface area (Å²) in [5.41, 5.74) is 3.44. The summed E-state index contributed by atoms with van der Waals surface area (Å²) in [5, 5.41) is 5.51. The van der Waals surface area contributed by atoms with E-state index >= 15 is 0 Å². The summed E-state index contributed by atoms with van der Waals surface area (Å²) in [6, 6.07) is 12.4. The minimum Gasteiger partial charge on any atom is -0.496 e. The summed E-state index contributed by atoms with van der Waals surface area (Å²) in [6.07, 6.45) is 9.03. The predicted octanol–water partition coefficient (Wildman–Crippen LogP) is 4.75. The molecule has 1 aliphatic heterocycles. The maximum Gasteiger partial charge on any atom is 0.265 e. The zero-order valence-corrected chi connectivity index (χ0v) is 22.4. The van der Waals surface area contributed by atoms with Crippen molar-refractivity contribution in [1.29, 1.82) is 0 Å². The van der Waals surface area contributed by atoms with Crippen LogP contribution in [0.25, 0.3) is 6.08 Å². The number of nitrogens with one attached hydrogen (secondary N) is 2. The van der Waals surface area contributed by atoms with Crippen LogP contribution in [-0.4, -0.2) is 41.4 Å². The van der Waals surface area contributed by atoms with Crippen molar-refractivity contribution in [2.75, 3.05) is 19.0 Å². The Morgan fingerprint density at radius 3 is 2.63 bits per heavy atom. The number of benzene rings is 2. The summed E-state index contributed by atoms with van der Waals surface area (Å²) in [7, 11) is 1.57. The molecule has 0 saturated carbocycles. The molecule has 1 saturated heterocycles. The second-order valence-corrected chi connectivity index (χ2v) is 9.58. The molecule has 0 aromatic heterocycles. The van der Waals surface area contributed by atoms with Crippen LogP contribution in [0.5, 0.6) is 11.5 Å². The SMILES string of the molecule is COc1ccc(C=C2C(=O)NC(=S)N(CCC3=CCCCC3)C2=O)cc1COc1ccc(NC(C)=O)cc1. The number of rotatable bonds is 9. The number of methoxy groups -OCH3 is 1. The Hall–Kier alpha value is -3.98. The van der Waals surface area contributed by atoms with Crippen LogP contribution in [0.3, 0.4) is 0 Å². The molecule has 1 fully saturated rings. The van der Waals surface area contributed by atoms with E-state index in [2.05, 4.69) is 16.7 Å². The Labute approximate surface area is 227 Å². The predicted molar refractivity (Wildman–Crippen MR) is 150 cm³/mol. The molecule has 2 N–H and O–H groups in total. The first-order chi connectivity index (χ1) is 18.3. The molecule has 4 rings (SSSR count). The molecule has 2 aliphatic rings. The number of anilines is 1. The van der Waals surface area contributed by atoms with Crippen molar-refractivity contribution in [1.82, 2.24) is 10.2 Å². The smallest absolute Gasteiger partial charge is 0.265 e. The van der Waals surface area contributed by atoms with E-state index in [-0.39, 0.29) is 23.2 Å². The molecule has 2 aromatic carbocycles. The molecule has 0 bridgehead atoms. The number of hydrogen-bond acceptors (Lipinski definition) is 6. The van der Waals surface area contributed by atoms with Gasteiger partial charge in [0.1, 0.15) is 23.7 Å². The number of amides is 3. The maximum absolute atomic E-state index is 13.3. The third kappa shape index (κ3) is 6.86. The Morgan fingerprint density at radius 2 is 1.95 bits per heavy atom. The lowest BCUT2D eigenvalue weighted by Gasteiger charge is -2.29. The van der Waals surface area contributed by atoms with Crippen LogP contribution >= 0.6 is 12.2 Å². The molecular weight excluding hydrogens is 502 g/mol. The van der Waals surface area contributed by atoms with Gasteiger partial charge in [-0.25, -0.2) is 0 Å². The summed E-state index contributed by atoms with van der Waals surface area (Å²) < 4.78 is 11.4. The molecule has 198 valence electrons. The number of thiocarbonyl (C=S) groups is 1. The third-order valence-corrected chi connectivity index (χ3v) is 6.73. The van der Waals surface area contributed by atoms with Crippen molar-refractivity contribution < 1.29 is 23.9 Å². The van der Waals surface area contributed by atoms with Gasteiger partial charge in [-0.1, -0.05) is 17.7 Å². The number of allylic oxidation sites excluding steroid dienone is 1. The minimum atomic E-state index is -0.513. The largest absolute Gasteiger partial charge is 0.496 e. The molecule has 0 spiro atoms. The van der Waals surface area contributed by atoms with Gasteiger partial charge in [0.15, 0.2) is 5.11 Å². The van der Waals surface area contributed by atoms with Crippen LogP contribution in [0.1, 0.15) is 50.2 Å². The number of ether oxygens (including phenoxy) is 2. The average molecular weight is 534 g/mol. The standard InChI is InChI=1S/C29H31N3O5S/c1-19(33)30-23-9-11-24(12-10-23)37-18-22-16-21(8-13-26(22)36-2)17-25-27(34)31-29(38)32(28(25)35)15-14-20-6-4-3-5-7-20/h6,8-13,16-17H,3-5,7,14-15,18H2,1-2H3,(H,30,33)(H,31,34,38). The summed E-state index contributed by atoms with van der Waals surface area (Å²) in [5.74, 6) is 0.170. The van der Waals surface area contributed by atoms with Gasteiger partial charge in [0, 0.05) is 24.7 Å². The number of carbonyl (C=O) groups is 3. The van der Waals surface area contributed by atoms with Crippen LogP contribution < -0.4 is 20.1 Å². The lowest BCUT2D eigenvalue weighted by atomic mass is 9.97. The van der Waals surface area contributed by atoms with E-state index in [0.29, 0.717) is 29.3 Å². The van der Waals surface area contributed by atoms with Crippen LogP contribution in [0, 0.1) is 0 Å². The van der Waals surface area contributed by atoms with E-state index in [1.807, 2.05) is 6.07 Å².